The Bertz CT molecular complexity index is 605. The van der Waals surface area contributed by atoms with Crippen LogP contribution in [0.1, 0.15) is 22.6 Å². The maximum Gasteiger partial charge on any atom is 0.377 e. The Morgan fingerprint density at radius 2 is 2.15 bits per heavy atom. The Balaban J connectivity index is 1.85. The number of esters is 1. The van der Waals surface area contributed by atoms with E-state index in [-0.39, 0.29) is 5.82 Å². The lowest BCUT2D eigenvalue weighted by Gasteiger charge is -1.96. The fourth-order valence-electron chi connectivity index (χ4n) is 1.59. The van der Waals surface area contributed by atoms with Crippen LogP contribution in [0, 0.1) is 0 Å². The second-order valence-electron chi connectivity index (χ2n) is 4.07. The van der Waals surface area contributed by atoms with Crippen molar-refractivity contribution in [2.75, 3.05) is 7.11 Å². The second kappa shape index (κ2) is 7.00. The molecule has 0 aliphatic carbocycles. The Labute approximate surface area is 125 Å². The van der Waals surface area contributed by atoms with Crippen molar-refractivity contribution in [3.05, 3.63) is 52.5 Å². The van der Waals surface area contributed by atoms with E-state index in [0.29, 0.717) is 6.54 Å². The number of aromatic nitrogens is 3. The summed E-state index contributed by atoms with van der Waals surface area (Å²) in [7, 11) is 1.31. The first-order valence-electron chi connectivity index (χ1n) is 6.09. The third-order valence-corrected chi connectivity index (χ3v) is 3.14. The monoisotopic (exact) mass is 335 g/mol. The van der Waals surface area contributed by atoms with Crippen molar-refractivity contribution in [3.63, 3.8) is 0 Å². The molecule has 0 aliphatic heterocycles. The fourth-order valence-corrected chi connectivity index (χ4v) is 1.85. The minimum Gasteiger partial charge on any atom is -0.463 e. The van der Waals surface area contributed by atoms with Gasteiger partial charge in [-0.3, -0.25) is 4.68 Å². The average molecular weight is 336 g/mol. The Morgan fingerprint density at radius 1 is 1.40 bits per heavy atom. The van der Waals surface area contributed by atoms with E-state index in [4.69, 9.17) is 0 Å². The summed E-state index contributed by atoms with van der Waals surface area (Å²) in [5, 5.41) is 4.03. The minimum absolute atomic E-state index is 0.0874. The van der Waals surface area contributed by atoms with E-state index in [1.807, 2.05) is 30.3 Å². The van der Waals surface area contributed by atoms with Gasteiger partial charge in [0.1, 0.15) is 6.33 Å². The number of carbonyl (C=O) groups is 1. The zero-order chi connectivity index (χ0) is 14.4. The molecule has 104 valence electrons. The predicted octanol–water partition coefficient (Wildman–Crippen LogP) is 2.93. The summed E-state index contributed by atoms with van der Waals surface area (Å²) in [5.74, 6) is -0.432. The van der Waals surface area contributed by atoms with Gasteiger partial charge in [-0.15, -0.1) is 5.10 Å². The largest absolute Gasteiger partial charge is 0.463 e. The summed E-state index contributed by atoms with van der Waals surface area (Å²) in [6, 6.07) is 8.07. The lowest BCUT2D eigenvalue weighted by molar-refractivity contribution is 0.0586. The molecular weight excluding hydrogens is 322 g/mol. The van der Waals surface area contributed by atoms with Crippen LogP contribution in [0.4, 0.5) is 0 Å². The molecule has 0 N–H and O–H groups in total. The van der Waals surface area contributed by atoms with Crippen molar-refractivity contribution in [2.24, 2.45) is 0 Å². The molecule has 0 fully saturated rings. The summed E-state index contributed by atoms with van der Waals surface area (Å²) in [6.45, 7) is 0.664. The summed E-state index contributed by atoms with van der Waals surface area (Å²) >= 11 is 3.40. The number of halogens is 1. The first-order chi connectivity index (χ1) is 9.69. The first-order valence-corrected chi connectivity index (χ1v) is 6.88. The van der Waals surface area contributed by atoms with Crippen LogP contribution in [0.5, 0.6) is 0 Å². The number of benzene rings is 1. The number of hydrogen-bond donors (Lipinski definition) is 0. The van der Waals surface area contributed by atoms with E-state index in [1.54, 1.807) is 4.68 Å². The molecule has 2 aromatic rings. The predicted molar refractivity (Wildman–Crippen MR) is 79.2 cm³/mol. The molecule has 0 aliphatic rings. The summed E-state index contributed by atoms with van der Waals surface area (Å²) in [4.78, 5) is 15.1. The molecule has 0 radical (unpaired) electrons. The van der Waals surface area contributed by atoms with Gasteiger partial charge >= 0.3 is 5.97 Å². The van der Waals surface area contributed by atoms with Crippen LogP contribution in [0.2, 0.25) is 0 Å². The van der Waals surface area contributed by atoms with Gasteiger partial charge in [0.05, 0.1) is 7.11 Å². The van der Waals surface area contributed by atoms with E-state index >= 15 is 0 Å². The summed E-state index contributed by atoms with van der Waals surface area (Å²) < 4.78 is 7.23. The molecule has 0 unspecified atom stereocenters. The normalized spacial score (nSPS) is 10.9. The number of carbonyl (C=O) groups excluding carboxylic acids is 1. The quantitative estimate of drug-likeness (QED) is 0.788. The fraction of sp³-hybridized carbons (Fsp3) is 0.214. The Hall–Kier alpha value is -1.95. The average Bonchev–Trinajstić information content (AvgIpc) is 2.93. The molecule has 0 saturated carbocycles. The molecule has 1 aromatic heterocycles. The number of hydrogen-bond acceptors (Lipinski definition) is 4. The summed E-state index contributed by atoms with van der Waals surface area (Å²) in [5.41, 5.74) is 1.14. The van der Waals surface area contributed by atoms with E-state index in [0.717, 1.165) is 16.5 Å². The van der Waals surface area contributed by atoms with Gasteiger partial charge in [0.25, 0.3) is 5.82 Å². The van der Waals surface area contributed by atoms with Gasteiger partial charge < -0.3 is 4.74 Å². The molecular formula is C14H14BrN3O2. The molecule has 6 heteroatoms. The molecule has 2 rings (SSSR count). The van der Waals surface area contributed by atoms with Crippen molar-refractivity contribution in [1.82, 2.24) is 14.8 Å². The zero-order valence-corrected chi connectivity index (χ0v) is 12.6. The Morgan fingerprint density at radius 3 is 2.85 bits per heavy atom. The highest BCUT2D eigenvalue weighted by atomic mass is 79.9. The van der Waals surface area contributed by atoms with Crippen LogP contribution in [0.3, 0.4) is 0 Å². The van der Waals surface area contributed by atoms with Gasteiger partial charge in [0.15, 0.2) is 0 Å². The van der Waals surface area contributed by atoms with Gasteiger partial charge in [-0.05, 0) is 24.1 Å². The molecule has 1 aromatic carbocycles. The standard InChI is InChI=1S/C14H14BrN3O2/c1-20-14(19)13-16-10-18(17-13)9-3-2-4-11-5-7-12(15)8-6-11/h2,4-8,10H,3,9H2,1H3/b4-2-. The number of rotatable bonds is 5. The van der Waals surface area contributed by atoms with Gasteiger partial charge in [0, 0.05) is 11.0 Å². The molecule has 0 spiro atoms. The topological polar surface area (TPSA) is 57.0 Å². The highest BCUT2D eigenvalue weighted by molar-refractivity contribution is 9.10. The van der Waals surface area contributed by atoms with Crippen molar-refractivity contribution in [3.8, 4) is 0 Å². The SMILES string of the molecule is COC(=O)c1ncn(CC/C=C\c2ccc(Br)cc2)n1. The van der Waals surface area contributed by atoms with E-state index < -0.39 is 5.97 Å². The number of allylic oxidation sites excluding steroid dienone is 1. The maximum absolute atomic E-state index is 11.2. The third-order valence-electron chi connectivity index (χ3n) is 2.61. The molecule has 0 atom stereocenters. The highest BCUT2D eigenvalue weighted by Gasteiger charge is 2.10. The van der Waals surface area contributed by atoms with Gasteiger partial charge in [-0.2, -0.15) is 0 Å². The minimum atomic E-state index is -0.519. The van der Waals surface area contributed by atoms with Gasteiger partial charge in [-0.25, -0.2) is 9.78 Å². The second-order valence-corrected chi connectivity index (χ2v) is 4.98. The van der Waals surface area contributed by atoms with E-state index in [9.17, 15) is 4.79 Å². The smallest absolute Gasteiger partial charge is 0.377 e. The lowest BCUT2D eigenvalue weighted by atomic mass is 10.2. The molecule has 5 nitrogen and oxygen atoms in total. The molecule has 0 amide bonds. The van der Waals surface area contributed by atoms with Crippen LogP contribution < -0.4 is 0 Å². The maximum atomic E-state index is 11.2. The van der Waals surface area contributed by atoms with E-state index in [2.05, 4.69) is 36.8 Å². The zero-order valence-electron chi connectivity index (χ0n) is 11.0. The van der Waals surface area contributed by atoms with Crippen molar-refractivity contribution in [1.29, 1.82) is 0 Å². The Kier molecular flexibility index (Phi) is 5.06. The molecule has 20 heavy (non-hydrogen) atoms. The van der Waals surface area contributed by atoms with E-state index in [1.165, 1.54) is 13.4 Å². The first kappa shape index (κ1) is 14.5. The number of nitrogens with zero attached hydrogens (tertiary/aromatic N) is 3. The summed E-state index contributed by atoms with van der Waals surface area (Å²) in [6.07, 6.45) is 6.44. The third kappa shape index (κ3) is 4.03. The van der Waals surface area contributed by atoms with Gasteiger partial charge in [0.2, 0.25) is 0 Å². The van der Waals surface area contributed by atoms with Crippen LogP contribution >= 0.6 is 15.9 Å². The van der Waals surface area contributed by atoms with Crippen molar-refractivity contribution in [2.45, 2.75) is 13.0 Å². The van der Waals surface area contributed by atoms with Crippen LogP contribution in [-0.4, -0.2) is 27.8 Å². The van der Waals surface area contributed by atoms with Crippen molar-refractivity contribution < 1.29 is 9.53 Å². The van der Waals surface area contributed by atoms with Crippen LogP contribution in [0.15, 0.2) is 41.1 Å². The number of ether oxygens (including phenoxy) is 1. The number of methoxy groups -OCH3 is 1. The molecule has 0 saturated heterocycles. The highest BCUT2D eigenvalue weighted by Crippen LogP contribution is 2.11. The van der Waals surface area contributed by atoms with Crippen LogP contribution in [0.25, 0.3) is 6.08 Å². The lowest BCUT2D eigenvalue weighted by Crippen LogP contribution is -2.05. The molecule has 0 bridgehead atoms. The van der Waals surface area contributed by atoms with Crippen LogP contribution in [-0.2, 0) is 11.3 Å². The van der Waals surface area contributed by atoms with Crippen molar-refractivity contribution >= 4 is 28.0 Å². The number of aryl methyl sites for hydroxylation is 1. The van der Waals surface area contributed by atoms with Gasteiger partial charge in [-0.1, -0.05) is 40.2 Å². The molecule has 1 heterocycles.